The Balaban J connectivity index is 1.34. The lowest BCUT2D eigenvalue weighted by Crippen LogP contribution is -2.48. The maximum atomic E-state index is 12.2. The van der Waals surface area contributed by atoms with E-state index in [2.05, 4.69) is 31.1 Å². The molecule has 2 aliphatic rings. The molecule has 2 unspecified atom stereocenters. The van der Waals surface area contributed by atoms with Crippen LogP contribution in [0.1, 0.15) is 18.0 Å². The van der Waals surface area contributed by atoms with Gasteiger partial charge in [0.1, 0.15) is 10.1 Å². The lowest BCUT2D eigenvalue weighted by Gasteiger charge is -2.43. The third-order valence-corrected chi connectivity index (χ3v) is 7.05. The van der Waals surface area contributed by atoms with Gasteiger partial charge in [-0.05, 0) is 46.5 Å². The molecule has 2 aromatic heterocycles. The molecule has 0 saturated carbocycles. The summed E-state index contributed by atoms with van der Waals surface area (Å²) in [5.41, 5.74) is 1.18. The molecule has 146 valence electrons. The molecule has 1 amide bonds. The summed E-state index contributed by atoms with van der Waals surface area (Å²) in [7, 11) is 0. The van der Waals surface area contributed by atoms with E-state index in [-0.39, 0.29) is 17.2 Å². The van der Waals surface area contributed by atoms with E-state index in [1.165, 1.54) is 11.8 Å². The zero-order valence-electron chi connectivity index (χ0n) is 15.0. The zero-order chi connectivity index (χ0) is 19.7. The van der Waals surface area contributed by atoms with Crippen LogP contribution in [0.2, 0.25) is 0 Å². The molecule has 2 aliphatic heterocycles. The summed E-state index contributed by atoms with van der Waals surface area (Å²) in [6.07, 6.45) is 2.73. The SMILES string of the molecule is O=C(CSC(=S)N1CC2CC(C1)c1cccc(=O)n1C2)Nc1ccc(Br)cn1. The van der Waals surface area contributed by atoms with Crippen molar-refractivity contribution in [3.8, 4) is 0 Å². The Morgan fingerprint density at radius 2 is 2.14 bits per heavy atom. The third kappa shape index (κ3) is 4.31. The predicted molar refractivity (Wildman–Crippen MR) is 119 cm³/mol. The first kappa shape index (κ1) is 19.6. The molecule has 4 heterocycles. The van der Waals surface area contributed by atoms with Gasteiger partial charge in [-0.1, -0.05) is 30.0 Å². The van der Waals surface area contributed by atoms with E-state index in [0.717, 1.165) is 40.5 Å². The fraction of sp³-hybridized carbons (Fsp3) is 0.368. The van der Waals surface area contributed by atoms with Crippen LogP contribution in [0, 0.1) is 5.92 Å². The molecule has 1 saturated heterocycles. The number of fused-ring (bicyclic) bond motifs is 4. The second kappa shape index (κ2) is 8.34. The highest BCUT2D eigenvalue weighted by atomic mass is 79.9. The summed E-state index contributed by atoms with van der Waals surface area (Å²) in [6.45, 7) is 2.37. The largest absolute Gasteiger partial charge is 0.356 e. The lowest BCUT2D eigenvalue weighted by molar-refractivity contribution is -0.113. The molecular weight excluding hydrogens is 460 g/mol. The van der Waals surface area contributed by atoms with Crippen LogP contribution in [-0.2, 0) is 11.3 Å². The Morgan fingerprint density at radius 3 is 2.93 bits per heavy atom. The molecule has 2 atom stereocenters. The van der Waals surface area contributed by atoms with Crippen molar-refractivity contribution in [2.24, 2.45) is 5.92 Å². The number of aromatic nitrogens is 2. The minimum absolute atomic E-state index is 0.0795. The van der Waals surface area contributed by atoms with E-state index in [0.29, 0.717) is 17.7 Å². The van der Waals surface area contributed by atoms with Crippen LogP contribution in [0.3, 0.4) is 0 Å². The molecule has 4 rings (SSSR count). The van der Waals surface area contributed by atoms with Gasteiger partial charge in [0.15, 0.2) is 0 Å². The van der Waals surface area contributed by atoms with Crippen molar-refractivity contribution in [2.45, 2.75) is 18.9 Å². The molecule has 2 aromatic rings. The van der Waals surface area contributed by atoms with Crippen molar-refractivity contribution in [3.05, 3.63) is 57.0 Å². The number of nitrogens with zero attached hydrogens (tertiary/aromatic N) is 3. The Morgan fingerprint density at radius 1 is 1.29 bits per heavy atom. The van der Waals surface area contributed by atoms with E-state index in [1.54, 1.807) is 18.3 Å². The number of anilines is 1. The first-order valence-electron chi connectivity index (χ1n) is 9.02. The highest BCUT2D eigenvalue weighted by Gasteiger charge is 2.35. The first-order valence-corrected chi connectivity index (χ1v) is 11.2. The summed E-state index contributed by atoms with van der Waals surface area (Å²) in [5, 5.41) is 2.78. The number of likely N-dealkylation sites (tertiary alicyclic amines) is 1. The molecule has 1 N–H and O–H groups in total. The number of amides is 1. The maximum Gasteiger partial charge on any atom is 0.250 e. The Hall–Kier alpha value is -1.71. The van der Waals surface area contributed by atoms with Gasteiger partial charge in [-0.2, -0.15) is 0 Å². The Labute approximate surface area is 180 Å². The molecule has 0 aliphatic carbocycles. The van der Waals surface area contributed by atoms with Gasteiger partial charge in [0.25, 0.3) is 5.56 Å². The van der Waals surface area contributed by atoms with Gasteiger partial charge in [0, 0.05) is 48.0 Å². The van der Waals surface area contributed by atoms with Crippen LogP contribution < -0.4 is 10.9 Å². The number of thiocarbonyl (C=S) groups is 1. The van der Waals surface area contributed by atoms with Gasteiger partial charge in [-0.15, -0.1) is 0 Å². The van der Waals surface area contributed by atoms with Crippen molar-refractivity contribution >= 4 is 56.0 Å². The average molecular weight is 479 g/mol. The van der Waals surface area contributed by atoms with E-state index in [9.17, 15) is 9.59 Å². The van der Waals surface area contributed by atoms with Gasteiger partial charge in [0.05, 0.1) is 5.75 Å². The summed E-state index contributed by atoms with van der Waals surface area (Å²) in [6, 6.07) is 9.08. The standard InChI is InChI=1S/C19H19BrN4O2S2/c20-14-4-5-16(21-7-14)22-17(25)11-28-19(27)23-8-12-6-13(10-23)15-2-1-3-18(26)24(15)9-12/h1-5,7,12-13H,6,8-11H2,(H,21,22,25). The number of pyridine rings is 2. The van der Waals surface area contributed by atoms with Gasteiger partial charge >= 0.3 is 0 Å². The average Bonchev–Trinajstić information content (AvgIpc) is 2.68. The monoisotopic (exact) mass is 478 g/mol. The fourth-order valence-electron chi connectivity index (χ4n) is 3.89. The number of hydrogen-bond acceptors (Lipinski definition) is 5. The van der Waals surface area contributed by atoms with Gasteiger partial charge in [0.2, 0.25) is 5.91 Å². The summed E-state index contributed by atoms with van der Waals surface area (Å²) in [4.78, 5) is 30.6. The van der Waals surface area contributed by atoms with Crippen molar-refractivity contribution < 1.29 is 4.79 Å². The first-order chi connectivity index (χ1) is 13.5. The second-order valence-corrected chi connectivity index (χ2v) is 9.59. The van der Waals surface area contributed by atoms with Crippen LogP contribution in [0.5, 0.6) is 0 Å². The van der Waals surface area contributed by atoms with Gasteiger partial charge in [-0.3, -0.25) is 9.59 Å². The molecule has 0 aromatic carbocycles. The highest BCUT2D eigenvalue weighted by molar-refractivity contribution is 9.10. The summed E-state index contributed by atoms with van der Waals surface area (Å²) >= 11 is 10.3. The Bertz CT molecular complexity index is 963. The predicted octanol–water partition coefficient (Wildman–Crippen LogP) is 3.08. The molecule has 1 fully saturated rings. The van der Waals surface area contributed by atoms with Crippen LogP contribution in [-0.4, -0.2) is 43.5 Å². The maximum absolute atomic E-state index is 12.2. The minimum Gasteiger partial charge on any atom is -0.356 e. The normalized spacial score (nSPS) is 20.4. The van der Waals surface area contributed by atoms with Crippen molar-refractivity contribution in [3.63, 3.8) is 0 Å². The minimum atomic E-state index is -0.128. The molecule has 2 bridgehead atoms. The number of nitrogens with one attached hydrogen (secondary N) is 1. The number of thioether (sulfide) groups is 1. The van der Waals surface area contributed by atoms with Crippen LogP contribution in [0.25, 0.3) is 0 Å². The number of carbonyl (C=O) groups is 1. The molecule has 28 heavy (non-hydrogen) atoms. The number of carbonyl (C=O) groups excluding carboxylic acids is 1. The number of rotatable bonds is 3. The van der Waals surface area contributed by atoms with Crippen LogP contribution >= 0.6 is 39.9 Å². The molecule has 0 radical (unpaired) electrons. The smallest absolute Gasteiger partial charge is 0.250 e. The summed E-state index contributed by atoms with van der Waals surface area (Å²) < 4.78 is 3.51. The number of hydrogen-bond donors (Lipinski definition) is 1. The zero-order valence-corrected chi connectivity index (χ0v) is 18.2. The number of halogens is 1. The van der Waals surface area contributed by atoms with Gasteiger partial charge in [-0.25, -0.2) is 4.98 Å². The van der Waals surface area contributed by atoms with Crippen molar-refractivity contribution in [1.29, 1.82) is 0 Å². The van der Waals surface area contributed by atoms with E-state index in [1.807, 2.05) is 22.8 Å². The van der Waals surface area contributed by atoms with E-state index in [4.69, 9.17) is 12.2 Å². The summed E-state index contributed by atoms with van der Waals surface area (Å²) in [5.74, 6) is 1.36. The number of piperidine rings is 1. The van der Waals surface area contributed by atoms with Crippen molar-refractivity contribution in [1.82, 2.24) is 14.5 Å². The fourth-order valence-corrected chi connectivity index (χ4v) is 5.11. The molecular formula is C19H19BrN4O2S2. The molecule has 0 spiro atoms. The van der Waals surface area contributed by atoms with Crippen molar-refractivity contribution in [2.75, 3.05) is 24.2 Å². The van der Waals surface area contributed by atoms with E-state index < -0.39 is 0 Å². The molecule has 6 nitrogen and oxygen atoms in total. The van der Waals surface area contributed by atoms with Crippen LogP contribution in [0.4, 0.5) is 5.82 Å². The Kier molecular flexibility index (Phi) is 5.84. The topological polar surface area (TPSA) is 67.2 Å². The molecule has 9 heteroatoms. The lowest BCUT2D eigenvalue weighted by atomic mass is 9.83. The van der Waals surface area contributed by atoms with Gasteiger partial charge < -0.3 is 14.8 Å². The second-order valence-electron chi connectivity index (χ2n) is 7.07. The van der Waals surface area contributed by atoms with E-state index >= 15 is 0 Å². The van der Waals surface area contributed by atoms with Crippen LogP contribution in [0.15, 0.2) is 45.8 Å². The third-order valence-electron chi connectivity index (χ3n) is 5.06. The quantitative estimate of drug-likeness (QED) is 0.683. The highest BCUT2D eigenvalue weighted by Crippen LogP contribution is 2.36.